The van der Waals surface area contributed by atoms with E-state index in [0.29, 0.717) is 11.6 Å². The molecule has 4 rings (SSSR count). The fourth-order valence-electron chi connectivity index (χ4n) is 3.42. The molecule has 1 amide bonds. The molecule has 108 valence electrons. The quantitative estimate of drug-likeness (QED) is 0.807. The van der Waals surface area contributed by atoms with E-state index in [4.69, 9.17) is 4.52 Å². The van der Waals surface area contributed by atoms with Gasteiger partial charge in [0.1, 0.15) is 5.76 Å². The summed E-state index contributed by atoms with van der Waals surface area (Å²) in [5, 5.41) is 4.08. The summed E-state index contributed by atoms with van der Waals surface area (Å²) in [6.07, 6.45) is 3.82. The molecule has 1 aliphatic heterocycles. The zero-order chi connectivity index (χ0) is 14.4. The van der Waals surface area contributed by atoms with Gasteiger partial charge in [0.05, 0.1) is 0 Å². The molecule has 0 fully saturated rings. The van der Waals surface area contributed by atoms with Crippen molar-refractivity contribution in [1.29, 1.82) is 0 Å². The summed E-state index contributed by atoms with van der Waals surface area (Å²) in [6, 6.07) is 8.09. The first kappa shape index (κ1) is 12.6. The fraction of sp³-hybridized carbons (Fsp3) is 0.412. The van der Waals surface area contributed by atoms with Crippen LogP contribution in [0.5, 0.6) is 0 Å². The highest BCUT2D eigenvalue weighted by atomic mass is 16.5. The monoisotopic (exact) mass is 282 g/mol. The molecule has 1 atom stereocenters. The van der Waals surface area contributed by atoms with Crippen LogP contribution >= 0.6 is 0 Å². The molecule has 4 nitrogen and oxygen atoms in total. The standard InChI is InChI=1S/C17H18N2O2/c1-11-6-7-15-13(10-11)16(18-21-15)17(20)19-9-8-12-4-2-3-5-14(12)19/h2-5,11H,6-10H2,1H3/t11-/m0/s1. The Morgan fingerprint density at radius 3 is 3.10 bits per heavy atom. The average molecular weight is 282 g/mol. The Bertz CT molecular complexity index is 705. The molecule has 0 unspecified atom stereocenters. The molecule has 1 aromatic carbocycles. The Labute approximate surface area is 123 Å². The predicted octanol–water partition coefficient (Wildman–Crippen LogP) is 3.00. The average Bonchev–Trinajstić information content (AvgIpc) is 3.10. The topological polar surface area (TPSA) is 46.3 Å². The van der Waals surface area contributed by atoms with Gasteiger partial charge in [-0.25, -0.2) is 0 Å². The van der Waals surface area contributed by atoms with Crippen LogP contribution in [0.1, 0.15) is 40.7 Å². The molecule has 1 aromatic heterocycles. The number of carbonyl (C=O) groups is 1. The van der Waals surface area contributed by atoms with Gasteiger partial charge in [-0.05, 0) is 36.8 Å². The Kier molecular flexibility index (Phi) is 2.84. The summed E-state index contributed by atoms with van der Waals surface area (Å²) in [5.74, 6) is 1.48. The van der Waals surface area contributed by atoms with E-state index in [2.05, 4.69) is 18.1 Å². The maximum absolute atomic E-state index is 12.9. The van der Waals surface area contributed by atoms with E-state index < -0.39 is 0 Å². The van der Waals surface area contributed by atoms with Gasteiger partial charge >= 0.3 is 0 Å². The number of rotatable bonds is 1. The fourth-order valence-corrected chi connectivity index (χ4v) is 3.42. The minimum absolute atomic E-state index is 0.0148. The number of para-hydroxylation sites is 1. The van der Waals surface area contributed by atoms with E-state index in [1.165, 1.54) is 5.56 Å². The summed E-state index contributed by atoms with van der Waals surface area (Å²) in [7, 11) is 0. The Balaban J connectivity index is 1.69. The van der Waals surface area contributed by atoms with Crippen LogP contribution in [-0.2, 0) is 19.3 Å². The van der Waals surface area contributed by atoms with Gasteiger partial charge in [0.2, 0.25) is 0 Å². The number of aromatic nitrogens is 1. The van der Waals surface area contributed by atoms with Crippen molar-refractivity contribution >= 4 is 11.6 Å². The first-order valence-electron chi connectivity index (χ1n) is 7.61. The maximum Gasteiger partial charge on any atom is 0.280 e. The second-order valence-corrected chi connectivity index (χ2v) is 6.12. The molecule has 0 bridgehead atoms. The van der Waals surface area contributed by atoms with E-state index in [-0.39, 0.29) is 5.91 Å². The molecule has 0 N–H and O–H groups in total. The number of benzene rings is 1. The molecule has 2 aromatic rings. The zero-order valence-electron chi connectivity index (χ0n) is 12.1. The number of amides is 1. The van der Waals surface area contributed by atoms with Gasteiger partial charge in [-0.1, -0.05) is 30.3 Å². The van der Waals surface area contributed by atoms with Gasteiger partial charge < -0.3 is 9.42 Å². The number of fused-ring (bicyclic) bond motifs is 2. The van der Waals surface area contributed by atoms with Gasteiger partial charge in [-0.15, -0.1) is 0 Å². The minimum Gasteiger partial charge on any atom is -0.360 e. The van der Waals surface area contributed by atoms with Crippen LogP contribution in [0.15, 0.2) is 28.8 Å². The molecule has 2 heterocycles. The van der Waals surface area contributed by atoms with Crippen LogP contribution in [0.4, 0.5) is 5.69 Å². The summed E-state index contributed by atoms with van der Waals surface area (Å²) in [5.41, 5.74) is 3.80. The van der Waals surface area contributed by atoms with Crippen LogP contribution in [0.3, 0.4) is 0 Å². The summed E-state index contributed by atoms with van der Waals surface area (Å²) in [4.78, 5) is 14.7. The third-order valence-electron chi connectivity index (χ3n) is 4.62. The van der Waals surface area contributed by atoms with Crippen molar-refractivity contribution in [2.75, 3.05) is 11.4 Å². The predicted molar refractivity (Wildman–Crippen MR) is 79.5 cm³/mol. The molecular formula is C17H18N2O2. The number of aryl methyl sites for hydroxylation is 1. The molecule has 0 saturated heterocycles. The van der Waals surface area contributed by atoms with Crippen LogP contribution in [0, 0.1) is 5.92 Å². The lowest BCUT2D eigenvalue weighted by Crippen LogP contribution is -2.30. The molecule has 1 aliphatic carbocycles. The number of nitrogens with zero attached hydrogens (tertiary/aromatic N) is 2. The highest BCUT2D eigenvalue weighted by molar-refractivity contribution is 6.07. The first-order valence-corrected chi connectivity index (χ1v) is 7.61. The molecule has 21 heavy (non-hydrogen) atoms. The number of anilines is 1. The van der Waals surface area contributed by atoms with E-state index in [9.17, 15) is 4.79 Å². The van der Waals surface area contributed by atoms with Gasteiger partial charge in [-0.2, -0.15) is 0 Å². The summed E-state index contributed by atoms with van der Waals surface area (Å²) >= 11 is 0. The van der Waals surface area contributed by atoms with Crippen molar-refractivity contribution in [2.24, 2.45) is 5.92 Å². The number of hydrogen-bond donors (Lipinski definition) is 0. The van der Waals surface area contributed by atoms with Crippen LogP contribution < -0.4 is 4.90 Å². The third-order valence-corrected chi connectivity index (χ3v) is 4.62. The van der Waals surface area contributed by atoms with Crippen molar-refractivity contribution in [3.8, 4) is 0 Å². The van der Waals surface area contributed by atoms with Crippen molar-refractivity contribution in [2.45, 2.75) is 32.6 Å². The smallest absolute Gasteiger partial charge is 0.280 e. The van der Waals surface area contributed by atoms with Crippen molar-refractivity contribution < 1.29 is 9.32 Å². The zero-order valence-corrected chi connectivity index (χ0v) is 12.1. The largest absolute Gasteiger partial charge is 0.360 e. The van der Waals surface area contributed by atoms with E-state index in [1.54, 1.807) is 0 Å². The van der Waals surface area contributed by atoms with Crippen LogP contribution in [-0.4, -0.2) is 17.6 Å². The third kappa shape index (κ3) is 1.97. The molecular weight excluding hydrogens is 264 g/mol. The molecule has 0 radical (unpaired) electrons. The van der Waals surface area contributed by atoms with Crippen LogP contribution in [0.25, 0.3) is 0 Å². The lowest BCUT2D eigenvalue weighted by atomic mass is 9.88. The minimum atomic E-state index is -0.0148. The SMILES string of the molecule is C[C@H]1CCc2onc(C(=O)N3CCc4ccccc43)c2C1. The van der Waals surface area contributed by atoms with E-state index in [1.807, 2.05) is 23.1 Å². The Morgan fingerprint density at radius 2 is 2.19 bits per heavy atom. The van der Waals surface area contributed by atoms with E-state index in [0.717, 1.165) is 49.2 Å². The lowest BCUT2D eigenvalue weighted by Gasteiger charge is -2.19. The molecule has 2 aliphatic rings. The van der Waals surface area contributed by atoms with Crippen LogP contribution in [0.2, 0.25) is 0 Å². The van der Waals surface area contributed by atoms with E-state index >= 15 is 0 Å². The van der Waals surface area contributed by atoms with Crippen molar-refractivity contribution in [1.82, 2.24) is 5.16 Å². The normalized spacial score (nSPS) is 20.2. The van der Waals surface area contributed by atoms with Gasteiger partial charge in [0, 0.05) is 24.2 Å². The second kappa shape index (κ2) is 4.72. The Morgan fingerprint density at radius 1 is 1.33 bits per heavy atom. The summed E-state index contributed by atoms with van der Waals surface area (Å²) < 4.78 is 5.41. The molecule has 4 heteroatoms. The van der Waals surface area contributed by atoms with Crippen molar-refractivity contribution in [3.63, 3.8) is 0 Å². The second-order valence-electron chi connectivity index (χ2n) is 6.12. The molecule has 0 spiro atoms. The van der Waals surface area contributed by atoms with Gasteiger partial charge in [0.25, 0.3) is 5.91 Å². The number of carbonyl (C=O) groups excluding carboxylic acids is 1. The van der Waals surface area contributed by atoms with Crippen molar-refractivity contribution in [3.05, 3.63) is 46.8 Å². The summed E-state index contributed by atoms with van der Waals surface area (Å²) in [6.45, 7) is 2.95. The maximum atomic E-state index is 12.9. The lowest BCUT2D eigenvalue weighted by molar-refractivity contribution is 0.0980. The molecule has 0 saturated carbocycles. The van der Waals surface area contributed by atoms with Gasteiger partial charge in [0.15, 0.2) is 5.69 Å². The Hall–Kier alpha value is -2.10. The highest BCUT2D eigenvalue weighted by Gasteiger charge is 2.32. The van der Waals surface area contributed by atoms with Gasteiger partial charge in [-0.3, -0.25) is 4.79 Å². The first-order chi connectivity index (χ1) is 10.2. The number of hydrogen-bond acceptors (Lipinski definition) is 3. The highest BCUT2D eigenvalue weighted by Crippen LogP contribution is 2.32.